The van der Waals surface area contributed by atoms with Crippen molar-refractivity contribution in [2.75, 3.05) is 12.4 Å². The van der Waals surface area contributed by atoms with Gasteiger partial charge in [0.05, 0.1) is 19.3 Å². The summed E-state index contributed by atoms with van der Waals surface area (Å²) in [7, 11) is 1.67. The lowest BCUT2D eigenvalue weighted by molar-refractivity contribution is 0.414. The second-order valence-electron chi connectivity index (χ2n) is 4.54. The molecular weight excluding hydrogens is 282 g/mol. The van der Waals surface area contributed by atoms with Gasteiger partial charge >= 0.3 is 0 Å². The molecule has 0 aliphatic heterocycles. The van der Waals surface area contributed by atoms with Gasteiger partial charge in [-0.2, -0.15) is 0 Å². The normalized spacial score (nSPS) is 11.9. The van der Waals surface area contributed by atoms with Gasteiger partial charge in [-0.15, -0.1) is 5.10 Å². The van der Waals surface area contributed by atoms with E-state index in [9.17, 15) is 0 Å². The molecule has 1 aromatic heterocycles. The molecule has 0 spiro atoms. The number of ether oxygens (including phenoxy) is 1. The molecule has 0 bridgehead atoms. The molecule has 1 heterocycles. The van der Waals surface area contributed by atoms with Crippen molar-refractivity contribution in [1.82, 2.24) is 9.59 Å². The highest BCUT2D eigenvalue weighted by molar-refractivity contribution is 7.09. The molecule has 0 fully saturated rings. The van der Waals surface area contributed by atoms with Crippen LogP contribution in [0.1, 0.15) is 17.2 Å². The second kappa shape index (κ2) is 6.37. The number of nitrogens with zero attached hydrogens (tertiary/aromatic N) is 2. The molecule has 0 amide bonds. The van der Waals surface area contributed by atoms with Gasteiger partial charge in [0, 0.05) is 11.5 Å². The molecule has 106 valence electrons. The predicted octanol–water partition coefficient (Wildman–Crippen LogP) is 3.75. The number of benzene rings is 2. The molecule has 0 saturated heterocycles. The number of hydrogen-bond donors (Lipinski definition) is 1. The maximum atomic E-state index is 5.22. The molecule has 2 aromatic carbocycles. The molecule has 21 heavy (non-hydrogen) atoms. The van der Waals surface area contributed by atoms with Crippen LogP contribution < -0.4 is 10.1 Å². The molecule has 1 N–H and O–H groups in total. The average molecular weight is 297 g/mol. The van der Waals surface area contributed by atoms with Crippen LogP contribution in [0.5, 0.6) is 5.75 Å². The molecule has 1 atom stereocenters. The van der Waals surface area contributed by atoms with E-state index in [1.807, 2.05) is 30.3 Å². The molecular formula is C16H15N3OS. The average Bonchev–Trinajstić information content (AvgIpc) is 3.07. The zero-order valence-corrected chi connectivity index (χ0v) is 12.4. The van der Waals surface area contributed by atoms with Crippen LogP contribution in [0.2, 0.25) is 0 Å². The molecule has 5 heteroatoms. The van der Waals surface area contributed by atoms with E-state index in [0.29, 0.717) is 0 Å². The van der Waals surface area contributed by atoms with Crippen molar-refractivity contribution in [2.24, 2.45) is 0 Å². The first-order valence-corrected chi connectivity index (χ1v) is 7.37. The third kappa shape index (κ3) is 3.20. The minimum atomic E-state index is 0.0550. The van der Waals surface area contributed by atoms with Crippen LogP contribution >= 0.6 is 11.5 Å². The topological polar surface area (TPSA) is 47.0 Å². The summed E-state index contributed by atoms with van der Waals surface area (Å²) >= 11 is 1.35. The lowest BCUT2D eigenvalue weighted by atomic mass is 9.99. The van der Waals surface area contributed by atoms with Gasteiger partial charge in [0.1, 0.15) is 10.8 Å². The number of aromatic nitrogens is 2. The standard InChI is InChI=1S/C16H15N3OS/c1-20-14-9-7-13(8-10-14)16(12-5-3-2-4-6-12)18-15-11-17-19-21-15/h2-11,16,18H,1H3. The van der Waals surface area contributed by atoms with Gasteiger partial charge in [-0.1, -0.05) is 47.0 Å². The summed E-state index contributed by atoms with van der Waals surface area (Å²) in [6.45, 7) is 0. The lowest BCUT2D eigenvalue weighted by Crippen LogP contribution is -2.11. The van der Waals surface area contributed by atoms with Crippen molar-refractivity contribution in [3.05, 3.63) is 71.9 Å². The first-order valence-electron chi connectivity index (χ1n) is 6.59. The third-order valence-electron chi connectivity index (χ3n) is 3.23. The van der Waals surface area contributed by atoms with Crippen molar-refractivity contribution < 1.29 is 4.74 Å². The number of rotatable bonds is 5. The summed E-state index contributed by atoms with van der Waals surface area (Å²) in [4.78, 5) is 0. The summed E-state index contributed by atoms with van der Waals surface area (Å²) < 4.78 is 9.12. The van der Waals surface area contributed by atoms with Crippen molar-refractivity contribution in [3.8, 4) is 5.75 Å². The molecule has 1 unspecified atom stereocenters. The molecule has 3 aromatic rings. The summed E-state index contributed by atoms with van der Waals surface area (Å²) in [5, 5.41) is 8.30. The van der Waals surface area contributed by atoms with E-state index < -0.39 is 0 Å². The fourth-order valence-corrected chi connectivity index (χ4v) is 2.62. The first kappa shape index (κ1) is 13.6. The summed E-state index contributed by atoms with van der Waals surface area (Å²) in [6.07, 6.45) is 1.74. The Morgan fingerprint density at radius 3 is 2.33 bits per heavy atom. The van der Waals surface area contributed by atoms with E-state index in [1.54, 1.807) is 13.3 Å². The van der Waals surface area contributed by atoms with Crippen molar-refractivity contribution >= 4 is 16.5 Å². The van der Waals surface area contributed by atoms with Gasteiger partial charge in [-0.25, -0.2) is 0 Å². The first-order chi connectivity index (χ1) is 10.4. The van der Waals surface area contributed by atoms with Crippen LogP contribution in [0.25, 0.3) is 0 Å². The Kier molecular flexibility index (Phi) is 4.12. The Bertz CT molecular complexity index is 669. The highest BCUT2D eigenvalue weighted by atomic mass is 32.1. The van der Waals surface area contributed by atoms with Crippen molar-refractivity contribution in [1.29, 1.82) is 0 Å². The molecule has 3 rings (SSSR count). The maximum Gasteiger partial charge on any atom is 0.130 e. The van der Waals surface area contributed by atoms with Crippen LogP contribution in [-0.2, 0) is 0 Å². The van der Waals surface area contributed by atoms with Gasteiger partial charge < -0.3 is 10.1 Å². The van der Waals surface area contributed by atoms with E-state index in [2.05, 4.69) is 39.2 Å². The Labute approximate surface area is 127 Å². The zero-order valence-electron chi connectivity index (χ0n) is 11.6. The van der Waals surface area contributed by atoms with Crippen LogP contribution in [0.3, 0.4) is 0 Å². The Balaban J connectivity index is 1.94. The Morgan fingerprint density at radius 1 is 1.00 bits per heavy atom. The third-order valence-corrected chi connectivity index (χ3v) is 3.83. The summed E-state index contributed by atoms with van der Waals surface area (Å²) in [5.74, 6) is 0.852. The largest absolute Gasteiger partial charge is 0.497 e. The Hall–Kier alpha value is -2.40. The maximum absolute atomic E-state index is 5.22. The quantitative estimate of drug-likeness (QED) is 0.779. The van der Waals surface area contributed by atoms with Crippen molar-refractivity contribution in [2.45, 2.75) is 6.04 Å². The fourth-order valence-electron chi connectivity index (χ4n) is 2.17. The SMILES string of the molecule is COc1ccc(C(Nc2cnns2)c2ccccc2)cc1. The van der Waals surface area contributed by atoms with Gasteiger partial charge in [0.15, 0.2) is 0 Å². The van der Waals surface area contributed by atoms with E-state index in [0.717, 1.165) is 16.3 Å². The van der Waals surface area contributed by atoms with E-state index in [1.165, 1.54) is 17.1 Å². The highest BCUT2D eigenvalue weighted by Crippen LogP contribution is 2.28. The van der Waals surface area contributed by atoms with E-state index in [-0.39, 0.29) is 6.04 Å². The van der Waals surface area contributed by atoms with Gasteiger partial charge in [0.25, 0.3) is 0 Å². The molecule has 0 saturated carbocycles. The number of hydrogen-bond acceptors (Lipinski definition) is 5. The lowest BCUT2D eigenvalue weighted by Gasteiger charge is -2.19. The molecule has 0 radical (unpaired) electrons. The van der Waals surface area contributed by atoms with Crippen LogP contribution in [0.4, 0.5) is 5.00 Å². The molecule has 4 nitrogen and oxygen atoms in total. The zero-order chi connectivity index (χ0) is 14.5. The highest BCUT2D eigenvalue weighted by Gasteiger charge is 2.14. The van der Waals surface area contributed by atoms with Crippen LogP contribution in [0, 0.1) is 0 Å². The van der Waals surface area contributed by atoms with Gasteiger partial charge in [0.2, 0.25) is 0 Å². The minimum absolute atomic E-state index is 0.0550. The number of nitrogens with one attached hydrogen (secondary N) is 1. The van der Waals surface area contributed by atoms with Crippen molar-refractivity contribution in [3.63, 3.8) is 0 Å². The summed E-state index contributed by atoms with van der Waals surface area (Å²) in [6, 6.07) is 18.4. The molecule has 0 aliphatic rings. The van der Waals surface area contributed by atoms with E-state index in [4.69, 9.17) is 4.74 Å². The smallest absolute Gasteiger partial charge is 0.130 e. The summed E-state index contributed by atoms with van der Waals surface area (Å²) in [5.41, 5.74) is 2.35. The van der Waals surface area contributed by atoms with Crippen LogP contribution in [-0.4, -0.2) is 16.7 Å². The fraction of sp³-hybridized carbons (Fsp3) is 0.125. The monoisotopic (exact) mass is 297 g/mol. The molecule has 0 aliphatic carbocycles. The number of methoxy groups -OCH3 is 1. The van der Waals surface area contributed by atoms with Gasteiger partial charge in [-0.05, 0) is 23.3 Å². The van der Waals surface area contributed by atoms with Gasteiger partial charge in [-0.3, -0.25) is 0 Å². The Morgan fingerprint density at radius 2 is 1.71 bits per heavy atom. The minimum Gasteiger partial charge on any atom is -0.497 e. The van der Waals surface area contributed by atoms with E-state index >= 15 is 0 Å². The number of anilines is 1. The predicted molar refractivity (Wildman–Crippen MR) is 84.8 cm³/mol. The van der Waals surface area contributed by atoms with Crippen LogP contribution in [0.15, 0.2) is 60.8 Å². The second-order valence-corrected chi connectivity index (χ2v) is 5.33.